The quantitative estimate of drug-likeness (QED) is 0.851. The van der Waals surface area contributed by atoms with Crippen LogP contribution in [0.4, 0.5) is 5.69 Å². The molecule has 1 aromatic carbocycles. The van der Waals surface area contributed by atoms with E-state index in [1.165, 1.54) is 4.90 Å². The number of nitrogens with zero attached hydrogens (tertiary/aromatic N) is 1. The van der Waals surface area contributed by atoms with E-state index in [-0.39, 0.29) is 11.9 Å². The van der Waals surface area contributed by atoms with E-state index in [4.69, 9.17) is 5.73 Å². The Morgan fingerprint density at radius 3 is 2.58 bits per heavy atom. The van der Waals surface area contributed by atoms with Gasteiger partial charge in [-0.1, -0.05) is 25.1 Å². The van der Waals surface area contributed by atoms with Crippen LogP contribution in [0.15, 0.2) is 24.3 Å². The van der Waals surface area contributed by atoms with Crippen molar-refractivity contribution in [1.82, 2.24) is 0 Å². The molecule has 0 aromatic heterocycles. The van der Waals surface area contributed by atoms with E-state index in [9.17, 15) is 14.7 Å². The van der Waals surface area contributed by atoms with Crippen molar-refractivity contribution in [2.45, 2.75) is 32.4 Å². The zero-order chi connectivity index (χ0) is 14.2. The molecule has 3 atom stereocenters. The lowest BCUT2D eigenvalue weighted by Crippen LogP contribution is -2.48. The van der Waals surface area contributed by atoms with E-state index in [0.717, 1.165) is 5.56 Å². The van der Waals surface area contributed by atoms with Crippen LogP contribution in [0, 0.1) is 5.92 Å². The third-order valence-electron chi connectivity index (χ3n) is 3.68. The zero-order valence-electron chi connectivity index (χ0n) is 11.0. The number of carboxylic acids is 1. The summed E-state index contributed by atoms with van der Waals surface area (Å²) in [7, 11) is 0. The fourth-order valence-electron chi connectivity index (χ4n) is 2.30. The standard InChI is InChI=1S/C14H18N2O3/c1-8(9(2)15)13(17)16-11-6-4-3-5-10(11)7-12(16)14(18)19/h3-6,8-9,12H,7,15H2,1-2H3,(H,18,19)/t8?,9?,12-/m0/s1. The van der Waals surface area contributed by atoms with Crippen molar-refractivity contribution in [1.29, 1.82) is 0 Å². The van der Waals surface area contributed by atoms with Gasteiger partial charge in [-0.2, -0.15) is 0 Å². The van der Waals surface area contributed by atoms with Crippen LogP contribution in [-0.4, -0.2) is 29.1 Å². The highest BCUT2D eigenvalue weighted by Crippen LogP contribution is 2.33. The molecule has 0 fully saturated rings. The number of nitrogens with two attached hydrogens (primary N) is 1. The van der Waals surface area contributed by atoms with E-state index >= 15 is 0 Å². The maximum absolute atomic E-state index is 12.4. The Kier molecular flexibility index (Phi) is 3.57. The summed E-state index contributed by atoms with van der Waals surface area (Å²) >= 11 is 0. The van der Waals surface area contributed by atoms with Gasteiger partial charge in [-0.05, 0) is 18.6 Å². The number of carbonyl (C=O) groups excluding carboxylic acids is 1. The highest BCUT2D eigenvalue weighted by Gasteiger charge is 2.40. The molecule has 1 aliphatic rings. The molecule has 0 spiro atoms. The monoisotopic (exact) mass is 262 g/mol. The summed E-state index contributed by atoms with van der Waals surface area (Å²) in [5, 5.41) is 9.30. The van der Waals surface area contributed by atoms with Crippen molar-refractivity contribution in [2.24, 2.45) is 11.7 Å². The molecule has 2 rings (SSSR count). The molecule has 0 saturated carbocycles. The number of anilines is 1. The molecule has 3 N–H and O–H groups in total. The van der Waals surface area contributed by atoms with Gasteiger partial charge in [0.2, 0.25) is 5.91 Å². The van der Waals surface area contributed by atoms with Gasteiger partial charge in [0.25, 0.3) is 0 Å². The van der Waals surface area contributed by atoms with E-state index in [1.54, 1.807) is 26.0 Å². The molecular weight excluding hydrogens is 244 g/mol. The van der Waals surface area contributed by atoms with Crippen LogP contribution in [0.1, 0.15) is 19.4 Å². The number of hydrogen-bond acceptors (Lipinski definition) is 3. The minimum Gasteiger partial charge on any atom is -0.480 e. The number of hydrogen-bond donors (Lipinski definition) is 2. The van der Waals surface area contributed by atoms with Gasteiger partial charge in [0.05, 0.1) is 5.92 Å². The lowest BCUT2D eigenvalue weighted by Gasteiger charge is -2.27. The maximum Gasteiger partial charge on any atom is 0.327 e. The highest BCUT2D eigenvalue weighted by molar-refractivity contribution is 6.03. The van der Waals surface area contributed by atoms with Crippen molar-refractivity contribution < 1.29 is 14.7 Å². The number of amides is 1. The molecule has 2 unspecified atom stereocenters. The smallest absolute Gasteiger partial charge is 0.327 e. The van der Waals surface area contributed by atoms with Crippen LogP contribution in [-0.2, 0) is 16.0 Å². The minimum absolute atomic E-state index is 0.229. The molecule has 5 nitrogen and oxygen atoms in total. The summed E-state index contributed by atoms with van der Waals surface area (Å²) in [5.74, 6) is -1.62. The molecule has 19 heavy (non-hydrogen) atoms. The topological polar surface area (TPSA) is 83.6 Å². The van der Waals surface area contributed by atoms with E-state index in [0.29, 0.717) is 12.1 Å². The Morgan fingerprint density at radius 1 is 1.37 bits per heavy atom. The van der Waals surface area contributed by atoms with Gasteiger partial charge in [-0.15, -0.1) is 0 Å². The molecule has 0 bridgehead atoms. The Balaban J connectivity index is 2.39. The first-order valence-electron chi connectivity index (χ1n) is 6.33. The molecule has 1 heterocycles. The highest BCUT2D eigenvalue weighted by atomic mass is 16.4. The van der Waals surface area contributed by atoms with Gasteiger partial charge < -0.3 is 10.8 Å². The second kappa shape index (κ2) is 5.01. The molecule has 0 radical (unpaired) electrons. The van der Waals surface area contributed by atoms with E-state index in [1.807, 2.05) is 12.1 Å². The summed E-state index contributed by atoms with van der Waals surface area (Å²) in [6.45, 7) is 3.48. The van der Waals surface area contributed by atoms with Crippen LogP contribution in [0.3, 0.4) is 0 Å². The molecule has 1 aliphatic heterocycles. The number of carboxylic acid groups (broad SMARTS) is 1. The third-order valence-corrected chi connectivity index (χ3v) is 3.68. The average Bonchev–Trinajstić information content (AvgIpc) is 2.76. The van der Waals surface area contributed by atoms with Gasteiger partial charge in [0, 0.05) is 18.2 Å². The predicted octanol–water partition coefficient (Wildman–Crippen LogP) is 1.01. The number of benzene rings is 1. The summed E-state index contributed by atoms with van der Waals surface area (Å²) in [6.07, 6.45) is 0.350. The largest absolute Gasteiger partial charge is 0.480 e. The Hall–Kier alpha value is -1.88. The van der Waals surface area contributed by atoms with Crippen LogP contribution in [0.25, 0.3) is 0 Å². The number of carbonyl (C=O) groups is 2. The van der Waals surface area contributed by atoms with Gasteiger partial charge in [0.1, 0.15) is 6.04 Å². The predicted molar refractivity (Wildman–Crippen MR) is 71.9 cm³/mol. The molecule has 102 valence electrons. The van der Waals surface area contributed by atoms with Gasteiger partial charge in [-0.25, -0.2) is 4.79 Å². The van der Waals surface area contributed by atoms with Crippen LogP contribution < -0.4 is 10.6 Å². The SMILES string of the molecule is CC(N)C(C)C(=O)N1c2ccccc2C[C@H]1C(=O)O. The molecule has 0 aliphatic carbocycles. The van der Waals surface area contributed by atoms with Gasteiger partial charge >= 0.3 is 5.97 Å². The Morgan fingerprint density at radius 2 is 2.00 bits per heavy atom. The molecule has 0 saturated heterocycles. The Bertz CT molecular complexity index is 513. The zero-order valence-corrected chi connectivity index (χ0v) is 11.0. The number of para-hydroxylation sites is 1. The van der Waals surface area contributed by atoms with Crippen LogP contribution in [0.5, 0.6) is 0 Å². The van der Waals surface area contributed by atoms with E-state index in [2.05, 4.69) is 0 Å². The van der Waals surface area contributed by atoms with Gasteiger partial charge in [-0.3, -0.25) is 9.69 Å². The minimum atomic E-state index is -0.985. The molecule has 1 aromatic rings. The first-order chi connectivity index (χ1) is 8.93. The summed E-state index contributed by atoms with van der Waals surface area (Å²) in [5.41, 5.74) is 7.33. The summed E-state index contributed by atoms with van der Waals surface area (Å²) in [6, 6.07) is 6.15. The molecule has 5 heteroatoms. The lowest BCUT2D eigenvalue weighted by atomic mass is 10.0. The third kappa shape index (κ3) is 2.33. The summed E-state index contributed by atoms with van der Waals surface area (Å²) < 4.78 is 0. The second-order valence-electron chi connectivity index (χ2n) is 5.04. The summed E-state index contributed by atoms with van der Waals surface area (Å²) in [4.78, 5) is 25.2. The first-order valence-corrected chi connectivity index (χ1v) is 6.33. The maximum atomic E-state index is 12.4. The first kappa shape index (κ1) is 13.5. The fraction of sp³-hybridized carbons (Fsp3) is 0.429. The Labute approximate surface area is 112 Å². The van der Waals surface area contributed by atoms with Gasteiger partial charge in [0.15, 0.2) is 0 Å². The van der Waals surface area contributed by atoms with Crippen molar-refractivity contribution in [3.8, 4) is 0 Å². The van der Waals surface area contributed by atoms with Crippen molar-refractivity contribution >= 4 is 17.6 Å². The van der Waals surface area contributed by atoms with E-state index < -0.39 is 17.9 Å². The van der Waals surface area contributed by atoms with Crippen molar-refractivity contribution in [3.63, 3.8) is 0 Å². The van der Waals surface area contributed by atoms with Crippen LogP contribution in [0.2, 0.25) is 0 Å². The van der Waals surface area contributed by atoms with Crippen molar-refractivity contribution in [2.75, 3.05) is 4.90 Å². The van der Waals surface area contributed by atoms with Crippen LogP contribution >= 0.6 is 0 Å². The second-order valence-corrected chi connectivity index (χ2v) is 5.04. The number of fused-ring (bicyclic) bond motifs is 1. The normalized spacial score (nSPS) is 20.8. The lowest BCUT2D eigenvalue weighted by molar-refractivity contribution is -0.140. The molecule has 1 amide bonds. The average molecular weight is 262 g/mol. The number of rotatable bonds is 3. The fourth-order valence-corrected chi connectivity index (χ4v) is 2.30. The van der Waals surface area contributed by atoms with Crippen molar-refractivity contribution in [3.05, 3.63) is 29.8 Å². The molecular formula is C14H18N2O3. The number of aliphatic carboxylic acids is 1.